The third-order valence-corrected chi connectivity index (χ3v) is 4.70. The average molecular weight is 355 g/mol. The summed E-state index contributed by atoms with van der Waals surface area (Å²) >= 11 is 3.60. The van der Waals surface area contributed by atoms with Gasteiger partial charge >= 0.3 is 0 Å². The Morgan fingerprint density at radius 3 is 2.90 bits per heavy atom. The molecule has 4 nitrogen and oxygen atoms in total. The molecule has 116 valence electrons. The number of nitrogens with two attached hydrogens (primary N) is 1. The van der Waals surface area contributed by atoms with Crippen LogP contribution >= 0.6 is 15.9 Å². The highest BCUT2D eigenvalue weighted by molar-refractivity contribution is 9.10. The summed E-state index contributed by atoms with van der Waals surface area (Å²) < 4.78 is 6.30. The van der Waals surface area contributed by atoms with Crippen molar-refractivity contribution in [3.8, 4) is 5.75 Å². The summed E-state index contributed by atoms with van der Waals surface area (Å²) in [7, 11) is 1.65. The van der Waals surface area contributed by atoms with E-state index < -0.39 is 0 Å². The molecule has 1 heterocycles. The molecule has 1 aliphatic heterocycles. The largest absolute Gasteiger partial charge is 0.497 e. The van der Waals surface area contributed by atoms with Crippen LogP contribution in [0.15, 0.2) is 22.7 Å². The quantitative estimate of drug-likeness (QED) is 0.902. The lowest BCUT2D eigenvalue weighted by atomic mass is 9.96. The molecule has 0 aliphatic carbocycles. The number of rotatable bonds is 4. The van der Waals surface area contributed by atoms with E-state index in [-0.39, 0.29) is 18.0 Å². The van der Waals surface area contributed by atoms with Crippen molar-refractivity contribution in [1.82, 2.24) is 4.90 Å². The first kappa shape index (κ1) is 16.3. The monoisotopic (exact) mass is 354 g/mol. The number of nitrogens with zero attached hydrogens (tertiary/aromatic N) is 1. The first-order valence-corrected chi connectivity index (χ1v) is 8.26. The maximum Gasteiger partial charge on any atom is 0.223 e. The number of likely N-dealkylation sites (tertiary alicyclic amines) is 1. The van der Waals surface area contributed by atoms with E-state index >= 15 is 0 Å². The van der Waals surface area contributed by atoms with Crippen molar-refractivity contribution in [3.05, 3.63) is 28.2 Å². The molecule has 0 bridgehead atoms. The normalized spacial score (nSPS) is 23.0. The van der Waals surface area contributed by atoms with Gasteiger partial charge in [-0.15, -0.1) is 0 Å². The van der Waals surface area contributed by atoms with E-state index in [0.29, 0.717) is 6.42 Å². The average Bonchev–Trinajstić information content (AvgIpc) is 2.60. The minimum atomic E-state index is -0.0931. The van der Waals surface area contributed by atoms with Gasteiger partial charge in [-0.1, -0.05) is 22.9 Å². The molecule has 2 unspecified atom stereocenters. The van der Waals surface area contributed by atoms with Crippen molar-refractivity contribution < 1.29 is 9.53 Å². The summed E-state index contributed by atoms with van der Waals surface area (Å²) in [6, 6.07) is 5.70. The molecule has 21 heavy (non-hydrogen) atoms. The van der Waals surface area contributed by atoms with Crippen LogP contribution in [0, 0.1) is 0 Å². The Labute approximate surface area is 134 Å². The van der Waals surface area contributed by atoms with Crippen molar-refractivity contribution in [2.75, 3.05) is 13.7 Å². The molecule has 1 aromatic rings. The zero-order valence-corrected chi connectivity index (χ0v) is 14.2. The standard InChI is InChI=1S/C16H23BrN2O2/c1-3-9-19-15(20)6-4-5-14(18)16(19)12-10-11(21-2)7-8-13(12)17/h7-8,10,14,16H,3-6,9,18H2,1-2H3. The first-order chi connectivity index (χ1) is 10.1. The number of benzene rings is 1. The van der Waals surface area contributed by atoms with Crippen LogP contribution < -0.4 is 10.5 Å². The van der Waals surface area contributed by atoms with E-state index in [9.17, 15) is 4.79 Å². The van der Waals surface area contributed by atoms with Gasteiger partial charge in [0.15, 0.2) is 0 Å². The Bertz CT molecular complexity index is 507. The lowest BCUT2D eigenvalue weighted by molar-refractivity contribution is -0.133. The molecule has 2 rings (SSSR count). The van der Waals surface area contributed by atoms with Crippen LogP contribution in [0.4, 0.5) is 0 Å². The van der Waals surface area contributed by atoms with Gasteiger partial charge in [0.1, 0.15) is 5.75 Å². The summed E-state index contributed by atoms with van der Waals surface area (Å²) in [4.78, 5) is 14.4. The molecule has 0 spiro atoms. The molecule has 2 N–H and O–H groups in total. The molecule has 1 aliphatic rings. The second-order valence-electron chi connectivity index (χ2n) is 5.48. The number of carbonyl (C=O) groups excluding carboxylic acids is 1. The minimum Gasteiger partial charge on any atom is -0.497 e. The van der Waals surface area contributed by atoms with Gasteiger partial charge < -0.3 is 15.4 Å². The SMILES string of the molecule is CCCN1C(=O)CCCC(N)C1c1cc(OC)ccc1Br. The fraction of sp³-hybridized carbons (Fsp3) is 0.562. The summed E-state index contributed by atoms with van der Waals surface area (Å²) in [5, 5.41) is 0. The van der Waals surface area contributed by atoms with Crippen molar-refractivity contribution in [1.29, 1.82) is 0 Å². The van der Waals surface area contributed by atoms with Gasteiger partial charge in [0.2, 0.25) is 5.91 Å². The lowest BCUT2D eigenvalue weighted by Crippen LogP contribution is -2.42. The molecule has 0 radical (unpaired) electrons. The van der Waals surface area contributed by atoms with Crippen molar-refractivity contribution in [2.45, 2.75) is 44.7 Å². The van der Waals surface area contributed by atoms with Gasteiger partial charge in [-0.2, -0.15) is 0 Å². The van der Waals surface area contributed by atoms with Gasteiger partial charge in [0.25, 0.3) is 0 Å². The van der Waals surface area contributed by atoms with Crippen molar-refractivity contribution >= 4 is 21.8 Å². The van der Waals surface area contributed by atoms with E-state index in [2.05, 4.69) is 22.9 Å². The highest BCUT2D eigenvalue weighted by Gasteiger charge is 2.33. The summed E-state index contributed by atoms with van der Waals surface area (Å²) in [5.74, 6) is 0.984. The summed E-state index contributed by atoms with van der Waals surface area (Å²) in [6.45, 7) is 2.82. The van der Waals surface area contributed by atoms with Crippen molar-refractivity contribution in [3.63, 3.8) is 0 Å². The minimum absolute atomic E-state index is 0.0496. The zero-order valence-electron chi connectivity index (χ0n) is 12.6. The zero-order chi connectivity index (χ0) is 15.4. The van der Waals surface area contributed by atoms with E-state index in [1.54, 1.807) is 7.11 Å². The number of methoxy groups -OCH3 is 1. The van der Waals surface area contributed by atoms with Crippen LogP contribution in [-0.4, -0.2) is 30.5 Å². The predicted molar refractivity (Wildman–Crippen MR) is 87.3 cm³/mol. The van der Waals surface area contributed by atoms with E-state index in [1.165, 1.54) is 0 Å². The Hall–Kier alpha value is -1.07. The number of ether oxygens (including phenoxy) is 1. The topological polar surface area (TPSA) is 55.6 Å². The van der Waals surface area contributed by atoms with Crippen LogP contribution in [0.5, 0.6) is 5.75 Å². The van der Waals surface area contributed by atoms with E-state index in [4.69, 9.17) is 10.5 Å². The van der Waals surface area contributed by atoms with Gasteiger partial charge in [-0.05, 0) is 43.0 Å². The highest BCUT2D eigenvalue weighted by atomic mass is 79.9. The van der Waals surface area contributed by atoms with Crippen molar-refractivity contribution in [2.24, 2.45) is 5.73 Å². The molecule has 1 saturated heterocycles. The first-order valence-electron chi connectivity index (χ1n) is 7.47. The second kappa shape index (κ2) is 7.27. The molecule has 0 saturated carbocycles. The molecule has 1 aromatic carbocycles. The molecular weight excluding hydrogens is 332 g/mol. The Kier molecular flexibility index (Phi) is 5.65. The van der Waals surface area contributed by atoms with Crippen LogP contribution in [0.25, 0.3) is 0 Å². The smallest absolute Gasteiger partial charge is 0.223 e. The van der Waals surface area contributed by atoms with Gasteiger partial charge in [-0.3, -0.25) is 4.79 Å². The van der Waals surface area contributed by atoms with E-state index in [1.807, 2.05) is 23.1 Å². The summed E-state index contributed by atoms with van der Waals surface area (Å²) in [6.07, 6.45) is 3.24. The van der Waals surface area contributed by atoms with Gasteiger partial charge in [0, 0.05) is 23.5 Å². The predicted octanol–water partition coefficient (Wildman–Crippen LogP) is 3.25. The molecule has 1 amide bonds. The number of halogens is 1. The number of hydrogen-bond donors (Lipinski definition) is 1. The summed E-state index contributed by atoms with van der Waals surface area (Å²) in [5.41, 5.74) is 7.43. The number of carbonyl (C=O) groups is 1. The molecular formula is C16H23BrN2O2. The molecule has 0 aromatic heterocycles. The molecule has 5 heteroatoms. The van der Waals surface area contributed by atoms with Gasteiger partial charge in [-0.25, -0.2) is 0 Å². The lowest BCUT2D eigenvalue weighted by Gasteiger charge is -2.34. The molecule has 2 atom stereocenters. The third-order valence-electron chi connectivity index (χ3n) is 3.98. The second-order valence-corrected chi connectivity index (χ2v) is 6.33. The Morgan fingerprint density at radius 2 is 2.24 bits per heavy atom. The Balaban J connectivity index is 2.46. The third kappa shape index (κ3) is 3.58. The Morgan fingerprint density at radius 1 is 1.48 bits per heavy atom. The van der Waals surface area contributed by atoms with Gasteiger partial charge in [0.05, 0.1) is 13.2 Å². The van der Waals surface area contributed by atoms with Crippen LogP contribution in [0.2, 0.25) is 0 Å². The fourth-order valence-electron chi connectivity index (χ4n) is 2.96. The maximum absolute atomic E-state index is 12.4. The highest BCUT2D eigenvalue weighted by Crippen LogP contribution is 2.36. The van der Waals surface area contributed by atoms with Crippen LogP contribution in [-0.2, 0) is 4.79 Å². The number of hydrogen-bond acceptors (Lipinski definition) is 3. The van der Waals surface area contributed by atoms with E-state index in [0.717, 1.165) is 41.6 Å². The molecule has 1 fully saturated rings. The maximum atomic E-state index is 12.4. The number of amides is 1. The van der Waals surface area contributed by atoms with Crippen LogP contribution in [0.3, 0.4) is 0 Å². The fourth-order valence-corrected chi connectivity index (χ4v) is 3.44. The van der Waals surface area contributed by atoms with Crippen LogP contribution in [0.1, 0.15) is 44.2 Å².